The lowest BCUT2D eigenvalue weighted by atomic mass is 9.76. The fourth-order valence-electron chi connectivity index (χ4n) is 2.84. The Morgan fingerprint density at radius 3 is 2.86 bits per heavy atom. The largest absolute Gasteiger partial charge is 0.359 e. The van der Waals surface area contributed by atoms with Crippen LogP contribution in [0.25, 0.3) is 0 Å². The van der Waals surface area contributed by atoms with Gasteiger partial charge < -0.3 is 9.64 Å². The fraction of sp³-hybridized carbons (Fsp3) is 1.00. The first-order valence-corrected chi connectivity index (χ1v) is 5.90. The van der Waals surface area contributed by atoms with Crippen LogP contribution in [-0.2, 0) is 4.74 Å². The van der Waals surface area contributed by atoms with E-state index in [1.165, 1.54) is 0 Å². The third-order valence-electron chi connectivity index (χ3n) is 3.57. The van der Waals surface area contributed by atoms with Gasteiger partial charge in [0.1, 0.15) is 5.41 Å². The van der Waals surface area contributed by atoms with Gasteiger partial charge in [-0.15, -0.1) is 24.2 Å². The minimum absolute atomic E-state index is 0. The van der Waals surface area contributed by atoms with Crippen molar-refractivity contribution in [3.63, 3.8) is 0 Å². The topological polar surface area (TPSA) is 12.5 Å². The van der Waals surface area contributed by atoms with Gasteiger partial charge in [-0.3, -0.25) is 0 Å². The van der Waals surface area contributed by atoms with Crippen molar-refractivity contribution in [3.8, 4) is 0 Å². The zero-order chi connectivity index (χ0) is 12.3. The first-order chi connectivity index (χ1) is 7.85. The highest BCUT2D eigenvalue weighted by molar-refractivity contribution is 8.00. The van der Waals surface area contributed by atoms with Crippen molar-refractivity contribution in [2.24, 2.45) is 5.92 Å². The molecular weight excluding hydrogens is 218 g/mol. The molecule has 0 aromatic carbocycles. The maximum atomic E-state index is 8.03. The van der Waals surface area contributed by atoms with Crippen LogP contribution in [0.2, 0.25) is 0 Å². The summed E-state index contributed by atoms with van der Waals surface area (Å²) in [5.41, 5.74) is -2.14. The Bertz CT molecular complexity index is 336. The van der Waals surface area contributed by atoms with Gasteiger partial charge in [-0.1, -0.05) is 0 Å². The molecule has 82 valence electrons. The Morgan fingerprint density at radius 2 is 2.36 bits per heavy atom. The number of nitrogens with zero attached hydrogens (tertiary/aromatic N) is 1. The SMILES string of the molecule is Cl.[2H]C([2H])([2H])[C@@]1([2H])O[C@]2(CS1)CN1CCC2CC1. The fourth-order valence-corrected chi connectivity index (χ4v) is 3.82. The Balaban J connectivity index is 0.00000120. The van der Waals surface area contributed by atoms with Crippen LogP contribution in [0.5, 0.6) is 0 Å². The molecule has 4 aliphatic heterocycles. The van der Waals surface area contributed by atoms with Crippen molar-refractivity contribution in [1.29, 1.82) is 0 Å². The van der Waals surface area contributed by atoms with Gasteiger partial charge in [-0.05, 0) is 38.7 Å². The number of rotatable bonds is 0. The van der Waals surface area contributed by atoms with E-state index < -0.39 is 12.3 Å². The molecule has 0 N–H and O–H groups in total. The van der Waals surface area contributed by atoms with Crippen molar-refractivity contribution < 1.29 is 10.2 Å². The lowest BCUT2D eigenvalue weighted by Gasteiger charge is -2.50. The summed E-state index contributed by atoms with van der Waals surface area (Å²) in [5.74, 6) is 1.09. The second kappa shape index (κ2) is 3.85. The van der Waals surface area contributed by atoms with Crippen molar-refractivity contribution in [3.05, 3.63) is 0 Å². The second-order valence-corrected chi connectivity index (χ2v) is 5.24. The molecule has 4 aliphatic rings. The number of hydrogen-bond acceptors (Lipinski definition) is 3. The summed E-state index contributed by atoms with van der Waals surface area (Å²) < 4.78 is 36.2. The first-order valence-electron chi connectivity index (χ1n) is 6.91. The Labute approximate surface area is 102 Å². The summed E-state index contributed by atoms with van der Waals surface area (Å²) in [5, 5.41) is 0. The molecule has 2 nitrogen and oxygen atoms in total. The van der Waals surface area contributed by atoms with Gasteiger partial charge in [0.15, 0.2) is 0 Å². The predicted octanol–water partition coefficient (Wildman–Crippen LogP) is 1.98. The number of piperidine rings is 3. The smallest absolute Gasteiger partial charge is 0.101 e. The summed E-state index contributed by atoms with van der Waals surface area (Å²) >= 11 is 1.15. The number of fused-ring (bicyclic) bond motifs is 2. The zero-order valence-corrected chi connectivity index (χ0v) is 9.62. The van der Waals surface area contributed by atoms with E-state index in [4.69, 9.17) is 10.2 Å². The van der Waals surface area contributed by atoms with E-state index in [9.17, 15) is 0 Å². The van der Waals surface area contributed by atoms with Gasteiger partial charge in [-0.2, -0.15) is 0 Å². The predicted molar refractivity (Wildman–Crippen MR) is 62.1 cm³/mol. The quantitative estimate of drug-likeness (QED) is 0.642. The molecule has 1 spiro atoms. The van der Waals surface area contributed by atoms with Gasteiger partial charge in [0.05, 0.1) is 6.97 Å². The number of thioether (sulfide) groups is 1. The Kier molecular flexibility index (Phi) is 1.93. The van der Waals surface area contributed by atoms with Crippen molar-refractivity contribution >= 4 is 24.2 Å². The van der Waals surface area contributed by atoms with Crippen LogP contribution in [0, 0.1) is 5.92 Å². The van der Waals surface area contributed by atoms with Crippen LogP contribution in [0.1, 0.15) is 25.2 Å². The molecule has 4 heterocycles. The second-order valence-electron chi connectivity index (χ2n) is 4.29. The summed E-state index contributed by atoms with van der Waals surface area (Å²) in [6.07, 6.45) is 2.16. The standard InChI is InChI=1S/C10H17NOS.ClH/c1-8-12-10(7-13-8)6-11-4-2-9(10)3-5-11;/h8-9H,2-7H2,1H3;1H/t8-,10-;/m0./s1/i1D3,8D;. The maximum Gasteiger partial charge on any atom is 0.101 e. The number of halogens is 1. The normalized spacial score (nSPS) is 61.1. The van der Waals surface area contributed by atoms with Gasteiger partial charge in [0.25, 0.3) is 0 Å². The molecule has 2 atom stereocenters. The van der Waals surface area contributed by atoms with E-state index in [0.29, 0.717) is 11.7 Å². The lowest BCUT2D eigenvalue weighted by molar-refractivity contribution is -0.133. The zero-order valence-electron chi connectivity index (χ0n) is 12.0. The van der Waals surface area contributed by atoms with Crippen molar-refractivity contribution in [1.82, 2.24) is 4.90 Å². The van der Waals surface area contributed by atoms with E-state index in [-0.39, 0.29) is 18.0 Å². The van der Waals surface area contributed by atoms with E-state index in [2.05, 4.69) is 4.90 Å². The van der Waals surface area contributed by atoms with Crippen LogP contribution in [0.15, 0.2) is 0 Å². The number of hydrogen-bond donors (Lipinski definition) is 0. The van der Waals surface area contributed by atoms with Crippen LogP contribution < -0.4 is 0 Å². The molecule has 4 heteroatoms. The Hall–Kier alpha value is 0.560. The van der Waals surface area contributed by atoms with Gasteiger partial charge in [-0.25, -0.2) is 0 Å². The molecule has 0 amide bonds. The summed E-state index contributed by atoms with van der Waals surface area (Å²) in [6, 6.07) is 0. The first kappa shape index (κ1) is 7.00. The molecule has 14 heavy (non-hydrogen) atoms. The monoisotopic (exact) mass is 239 g/mol. The van der Waals surface area contributed by atoms with E-state index in [1.807, 2.05) is 0 Å². The Morgan fingerprint density at radius 1 is 1.57 bits per heavy atom. The highest BCUT2D eigenvalue weighted by atomic mass is 35.5. The third-order valence-corrected chi connectivity index (χ3v) is 4.54. The van der Waals surface area contributed by atoms with Gasteiger partial charge in [0, 0.05) is 16.4 Å². The highest BCUT2D eigenvalue weighted by Crippen LogP contribution is 2.46. The molecule has 0 aliphatic carbocycles. The minimum atomic E-state index is -2.37. The van der Waals surface area contributed by atoms with E-state index in [0.717, 1.165) is 44.2 Å². The molecular formula is C10H18ClNOS. The van der Waals surface area contributed by atoms with E-state index >= 15 is 0 Å². The van der Waals surface area contributed by atoms with Crippen molar-refractivity contribution in [2.45, 2.75) is 30.7 Å². The minimum Gasteiger partial charge on any atom is -0.359 e. The molecule has 0 aromatic rings. The third kappa shape index (κ3) is 1.58. The van der Waals surface area contributed by atoms with Crippen LogP contribution >= 0.6 is 24.2 Å². The van der Waals surface area contributed by atoms with Crippen LogP contribution in [0.3, 0.4) is 0 Å². The number of ether oxygens (including phenoxy) is 1. The highest BCUT2D eigenvalue weighted by Gasteiger charge is 2.51. The molecule has 4 saturated heterocycles. The molecule has 0 aromatic heterocycles. The molecule has 4 rings (SSSR count). The van der Waals surface area contributed by atoms with E-state index in [1.54, 1.807) is 0 Å². The van der Waals surface area contributed by atoms with Crippen LogP contribution in [-0.4, -0.2) is 41.3 Å². The van der Waals surface area contributed by atoms with Crippen LogP contribution in [0.4, 0.5) is 0 Å². The molecule has 0 radical (unpaired) electrons. The molecule has 4 fully saturated rings. The molecule has 0 unspecified atom stereocenters. The summed E-state index contributed by atoms with van der Waals surface area (Å²) in [4.78, 5) is 2.34. The molecule has 2 bridgehead atoms. The summed E-state index contributed by atoms with van der Waals surface area (Å²) in [7, 11) is 0. The average molecular weight is 240 g/mol. The van der Waals surface area contributed by atoms with Gasteiger partial charge in [0.2, 0.25) is 0 Å². The molecule has 0 saturated carbocycles. The van der Waals surface area contributed by atoms with Crippen molar-refractivity contribution in [2.75, 3.05) is 25.4 Å². The summed E-state index contributed by atoms with van der Waals surface area (Å²) in [6.45, 7) is 0.632. The maximum absolute atomic E-state index is 8.03. The van der Waals surface area contributed by atoms with Gasteiger partial charge >= 0.3 is 0 Å². The lowest BCUT2D eigenvalue weighted by Crippen LogP contribution is -2.60. The average Bonchev–Trinajstić information content (AvgIpc) is 2.58.